The summed E-state index contributed by atoms with van der Waals surface area (Å²) in [6, 6.07) is 3.39. The van der Waals surface area contributed by atoms with Crippen molar-refractivity contribution in [1.29, 1.82) is 0 Å². The zero-order valence-electron chi connectivity index (χ0n) is 8.75. The lowest BCUT2D eigenvalue weighted by molar-refractivity contribution is -0.117. The van der Waals surface area contributed by atoms with E-state index in [0.29, 0.717) is 5.69 Å². The molecule has 0 saturated heterocycles. The van der Waals surface area contributed by atoms with E-state index in [4.69, 9.17) is 17.3 Å². The van der Waals surface area contributed by atoms with Crippen LogP contribution in [0, 0.1) is 0 Å². The lowest BCUT2D eigenvalue weighted by Crippen LogP contribution is -2.36. The fourth-order valence-electron chi connectivity index (χ4n) is 1.09. The van der Waals surface area contributed by atoms with Gasteiger partial charge in [-0.25, -0.2) is 4.98 Å². The third-order valence-corrected chi connectivity index (χ3v) is 1.95. The van der Waals surface area contributed by atoms with Crippen LogP contribution in [0.1, 0.15) is 20.3 Å². The van der Waals surface area contributed by atoms with E-state index >= 15 is 0 Å². The Morgan fingerprint density at radius 1 is 1.67 bits per heavy atom. The van der Waals surface area contributed by atoms with E-state index in [2.05, 4.69) is 10.3 Å². The summed E-state index contributed by atoms with van der Waals surface area (Å²) in [6.45, 7) is 3.58. The van der Waals surface area contributed by atoms with Gasteiger partial charge in [0.1, 0.15) is 0 Å². The number of nitrogens with two attached hydrogens (primary N) is 1. The van der Waals surface area contributed by atoms with Crippen molar-refractivity contribution in [1.82, 2.24) is 4.98 Å². The Labute approximate surface area is 93.8 Å². The van der Waals surface area contributed by atoms with Crippen LogP contribution in [0.5, 0.6) is 0 Å². The second-order valence-corrected chi connectivity index (χ2v) is 4.41. The van der Waals surface area contributed by atoms with E-state index in [1.165, 1.54) is 0 Å². The molecule has 15 heavy (non-hydrogen) atoms. The number of hydrogen-bond acceptors (Lipinski definition) is 3. The highest BCUT2D eigenvalue weighted by Gasteiger charge is 2.16. The van der Waals surface area contributed by atoms with E-state index in [1.54, 1.807) is 32.2 Å². The number of pyridine rings is 1. The molecular formula is C10H14ClN3O. The van der Waals surface area contributed by atoms with Gasteiger partial charge in [0.15, 0.2) is 5.15 Å². The first kappa shape index (κ1) is 11.9. The van der Waals surface area contributed by atoms with Crippen LogP contribution < -0.4 is 11.1 Å². The van der Waals surface area contributed by atoms with Crippen molar-refractivity contribution in [3.05, 3.63) is 23.5 Å². The van der Waals surface area contributed by atoms with Crippen LogP contribution in [0.25, 0.3) is 0 Å². The summed E-state index contributed by atoms with van der Waals surface area (Å²) in [5.41, 5.74) is 5.70. The number of nitrogens with one attached hydrogen (secondary N) is 1. The molecule has 0 radical (unpaired) electrons. The number of carbonyl (C=O) groups excluding carboxylic acids is 1. The zero-order chi connectivity index (χ0) is 11.5. The fourth-order valence-corrected chi connectivity index (χ4v) is 1.25. The number of nitrogens with zero attached hydrogens (tertiary/aromatic N) is 1. The first-order valence-electron chi connectivity index (χ1n) is 4.58. The topological polar surface area (TPSA) is 68.0 Å². The number of carbonyl (C=O) groups is 1. The van der Waals surface area contributed by atoms with E-state index in [-0.39, 0.29) is 17.5 Å². The van der Waals surface area contributed by atoms with E-state index < -0.39 is 5.54 Å². The molecule has 1 aromatic heterocycles. The van der Waals surface area contributed by atoms with Gasteiger partial charge in [-0.15, -0.1) is 0 Å². The average molecular weight is 228 g/mol. The summed E-state index contributed by atoms with van der Waals surface area (Å²) in [7, 11) is 0. The molecule has 1 rings (SSSR count). The third kappa shape index (κ3) is 4.27. The van der Waals surface area contributed by atoms with Gasteiger partial charge < -0.3 is 11.1 Å². The molecule has 1 heterocycles. The van der Waals surface area contributed by atoms with Crippen molar-refractivity contribution < 1.29 is 4.79 Å². The number of halogens is 1. The average Bonchev–Trinajstić information content (AvgIpc) is 2.05. The van der Waals surface area contributed by atoms with Gasteiger partial charge >= 0.3 is 0 Å². The largest absolute Gasteiger partial charge is 0.325 e. The van der Waals surface area contributed by atoms with Crippen LogP contribution >= 0.6 is 11.6 Å². The van der Waals surface area contributed by atoms with Gasteiger partial charge in [0.05, 0.1) is 5.69 Å². The summed E-state index contributed by atoms with van der Waals surface area (Å²) < 4.78 is 0. The minimum atomic E-state index is -0.529. The summed E-state index contributed by atoms with van der Waals surface area (Å²) in [5, 5.41) is 2.93. The molecule has 0 saturated carbocycles. The molecule has 5 heteroatoms. The normalized spacial score (nSPS) is 11.2. The maximum absolute atomic E-state index is 11.5. The second kappa shape index (κ2) is 4.59. The number of anilines is 1. The molecule has 0 aromatic carbocycles. The standard InChI is InChI=1S/C10H14ClN3O/c1-10(2,12)6-8(15)14-7-4-3-5-13-9(7)11/h3-5H,6,12H2,1-2H3,(H,14,15). The number of hydrogen-bond donors (Lipinski definition) is 2. The molecule has 1 aromatic rings. The quantitative estimate of drug-likeness (QED) is 0.774. The van der Waals surface area contributed by atoms with Crippen LogP contribution in [0.15, 0.2) is 18.3 Å². The predicted octanol–water partition coefficient (Wildman–Crippen LogP) is 1.80. The molecule has 1 amide bonds. The SMILES string of the molecule is CC(C)(N)CC(=O)Nc1cccnc1Cl. The van der Waals surface area contributed by atoms with Crippen molar-refractivity contribution in [2.24, 2.45) is 5.73 Å². The molecule has 3 N–H and O–H groups in total. The van der Waals surface area contributed by atoms with Gasteiger partial charge in [-0.3, -0.25) is 4.79 Å². The number of amides is 1. The monoisotopic (exact) mass is 227 g/mol. The molecule has 0 unspecified atom stereocenters. The molecule has 4 nitrogen and oxygen atoms in total. The highest BCUT2D eigenvalue weighted by Crippen LogP contribution is 2.18. The lowest BCUT2D eigenvalue weighted by atomic mass is 10.0. The Balaban J connectivity index is 2.64. The van der Waals surface area contributed by atoms with Crippen molar-refractivity contribution in [2.45, 2.75) is 25.8 Å². The molecule has 0 aliphatic carbocycles. The van der Waals surface area contributed by atoms with Gasteiger partial charge in [0, 0.05) is 18.2 Å². The maximum atomic E-state index is 11.5. The van der Waals surface area contributed by atoms with Crippen LogP contribution in [-0.2, 0) is 4.79 Å². The van der Waals surface area contributed by atoms with Gasteiger partial charge in [-0.1, -0.05) is 11.6 Å². The Hall–Kier alpha value is -1.13. The Kier molecular flexibility index (Phi) is 3.66. The van der Waals surface area contributed by atoms with E-state index in [0.717, 1.165) is 0 Å². The molecule has 0 atom stereocenters. The molecule has 0 aliphatic rings. The Bertz CT molecular complexity index is 360. The van der Waals surface area contributed by atoms with Gasteiger partial charge in [0.2, 0.25) is 5.91 Å². The number of rotatable bonds is 3. The van der Waals surface area contributed by atoms with Gasteiger partial charge in [-0.05, 0) is 26.0 Å². The van der Waals surface area contributed by atoms with Gasteiger partial charge in [0.25, 0.3) is 0 Å². The van der Waals surface area contributed by atoms with Crippen molar-refractivity contribution >= 4 is 23.2 Å². The molecule has 0 bridgehead atoms. The van der Waals surface area contributed by atoms with Crippen LogP contribution in [-0.4, -0.2) is 16.4 Å². The van der Waals surface area contributed by atoms with Crippen LogP contribution in [0.4, 0.5) is 5.69 Å². The predicted molar refractivity (Wildman–Crippen MR) is 60.8 cm³/mol. The first-order valence-corrected chi connectivity index (χ1v) is 4.95. The molecular weight excluding hydrogens is 214 g/mol. The molecule has 0 fully saturated rings. The summed E-state index contributed by atoms with van der Waals surface area (Å²) in [5.74, 6) is -0.169. The van der Waals surface area contributed by atoms with Crippen LogP contribution in [0.3, 0.4) is 0 Å². The highest BCUT2D eigenvalue weighted by molar-refractivity contribution is 6.32. The summed E-state index contributed by atoms with van der Waals surface area (Å²) >= 11 is 5.78. The molecule has 0 spiro atoms. The second-order valence-electron chi connectivity index (χ2n) is 4.06. The third-order valence-electron chi connectivity index (χ3n) is 1.65. The smallest absolute Gasteiger partial charge is 0.226 e. The van der Waals surface area contributed by atoms with E-state index in [1.807, 2.05) is 0 Å². The Morgan fingerprint density at radius 2 is 2.33 bits per heavy atom. The number of aromatic nitrogens is 1. The van der Waals surface area contributed by atoms with Gasteiger partial charge in [-0.2, -0.15) is 0 Å². The Morgan fingerprint density at radius 3 is 2.87 bits per heavy atom. The first-order chi connectivity index (χ1) is 6.88. The molecule has 0 aliphatic heterocycles. The summed E-state index contributed by atoms with van der Waals surface area (Å²) in [6.07, 6.45) is 1.79. The van der Waals surface area contributed by atoms with Crippen molar-refractivity contribution in [2.75, 3.05) is 5.32 Å². The fraction of sp³-hybridized carbons (Fsp3) is 0.400. The van der Waals surface area contributed by atoms with Crippen molar-refractivity contribution in [3.8, 4) is 0 Å². The lowest BCUT2D eigenvalue weighted by Gasteiger charge is -2.17. The highest BCUT2D eigenvalue weighted by atomic mass is 35.5. The zero-order valence-corrected chi connectivity index (χ0v) is 9.51. The minimum Gasteiger partial charge on any atom is -0.325 e. The van der Waals surface area contributed by atoms with E-state index in [9.17, 15) is 4.79 Å². The molecule has 82 valence electrons. The maximum Gasteiger partial charge on any atom is 0.226 e. The van der Waals surface area contributed by atoms with Crippen LogP contribution in [0.2, 0.25) is 5.15 Å². The summed E-state index contributed by atoms with van der Waals surface area (Å²) in [4.78, 5) is 15.4. The minimum absolute atomic E-state index is 0.169. The van der Waals surface area contributed by atoms with Crippen molar-refractivity contribution in [3.63, 3.8) is 0 Å².